The molecule has 31 heavy (non-hydrogen) atoms. The minimum Gasteiger partial charge on any atom is -0.497 e. The van der Waals surface area contributed by atoms with E-state index >= 15 is 0 Å². The fourth-order valence-electron chi connectivity index (χ4n) is 3.58. The van der Waals surface area contributed by atoms with Crippen LogP contribution in [-0.2, 0) is 0 Å². The molecule has 10 nitrogen and oxygen atoms in total. The van der Waals surface area contributed by atoms with Crippen LogP contribution >= 0.6 is 0 Å². The van der Waals surface area contributed by atoms with E-state index in [4.69, 9.17) is 4.74 Å². The molecular formula is C21H22N6O4. The molecule has 1 aliphatic rings. The number of carbonyl (C=O) groups is 1. The normalized spacial score (nSPS) is 13.6. The Morgan fingerprint density at radius 3 is 2.58 bits per heavy atom. The molecule has 0 aliphatic carbocycles. The molecule has 1 amide bonds. The second kappa shape index (κ2) is 8.82. The van der Waals surface area contributed by atoms with Crippen LogP contribution in [-0.4, -0.2) is 46.2 Å². The molecule has 2 N–H and O–H groups in total. The van der Waals surface area contributed by atoms with Crippen molar-refractivity contribution < 1.29 is 14.5 Å². The van der Waals surface area contributed by atoms with E-state index in [0.29, 0.717) is 17.3 Å². The number of nitrogens with one attached hydrogen (secondary N) is 2. The van der Waals surface area contributed by atoms with Crippen LogP contribution in [0.25, 0.3) is 11.4 Å². The predicted molar refractivity (Wildman–Crippen MR) is 115 cm³/mol. The maximum Gasteiger partial charge on any atom is 0.293 e. The van der Waals surface area contributed by atoms with E-state index in [1.165, 1.54) is 6.07 Å². The molecule has 0 bridgehead atoms. The molecular weight excluding hydrogens is 400 g/mol. The molecule has 1 saturated heterocycles. The summed E-state index contributed by atoms with van der Waals surface area (Å²) >= 11 is 0. The summed E-state index contributed by atoms with van der Waals surface area (Å²) in [5, 5.41) is 21.0. The van der Waals surface area contributed by atoms with E-state index in [1.54, 1.807) is 31.4 Å². The number of piperidine rings is 1. The summed E-state index contributed by atoms with van der Waals surface area (Å²) in [6, 6.07) is 11.7. The van der Waals surface area contributed by atoms with Crippen LogP contribution in [0.5, 0.6) is 5.75 Å². The predicted octanol–water partition coefficient (Wildman–Crippen LogP) is 3.63. The van der Waals surface area contributed by atoms with Crippen LogP contribution in [0, 0.1) is 10.1 Å². The van der Waals surface area contributed by atoms with Crippen molar-refractivity contribution >= 4 is 23.2 Å². The topological polar surface area (TPSA) is 126 Å². The Hall–Kier alpha value is -3.95. The molecule has 0 radical (unpaired) electrons. The maximum atomic E-state index is 12.6. The first-order chi connectivity index (χ1) is 15.0. The summed E-state index contributed by atoms with van der Waals surface area (Å²) in [5.74, 6) is 0.753. The van der Waals surface area contributed by atoms with Crippen LogP contribution in [0.15, 0.2) is 42.5 Å². The standard InChI is InChI=1S/C21H22N6O4/c1-31-16-8-5-14(6-9-16)19-22-21(25-24-19)23-20(28)15-7-10-17(18(13-15)27(29)30)26-11-3-2-4-12-26/h5-10,13H,2-4,11-12H2,1H3,(H2,22,23,24,25,28). The van der Waals surface area contributed by atoms with Gasteiger partial charge in [-0.1, -0.05) is 0 Å². The van der Waals surface area contributed by atoms with Gasteiger partial charge < -0.3 is 9.64 Å². The van der Waals surface area contributed by atoms with Crippen molar-refractivity contribution in [3.63, 3.8) is 0 Å². The minimum atomic E-state index is -0.520. The van der Waals surface area contributed by atoms with E-state index in [9.17, 15) is 14.9 Å². The number of hydrogen-bond acceptors (Lipinski definition) is 7. The lowest BCUT2D eigenvalue weighted by Crippen LogP contribution is -2.30. The van der Waals surface area contributed by atoms with Gasteiger partial charge in [0.2, 0.25) is 5.95 Å². The number of nitro benzene ring substituents is 1. The lowest BCUT2D eigenvalue weighted by atomic mass is 10.1. The first-order valence-corrected chi connectivity index (χ1v) is 9.97. The van der Waals surface area contributed by atoms with Gasteiger partial charge in [0.1, 0.15) is 11.4 Å². The molecule has 1 aromatic heterocycles. The molecule has 160 valence electrons. The average molecular weight is 422 g/mol. The number of hydrogen-bond donors (Lipinski definition) is 2. The number of rotatable bonds is 6. The highest BCUT2D eigenvalue weighted by molar-refractivity contribution is 6.04. The SMILES string of the molecule is COc1ccc(-c2nc(NC(=O)c3ccc(N4CCCCC4)c([N+](=O)[O-])c3)n[nH]2)cc1. The molecule has 10 heteroatoms. The highest BCUT2D eigenvalue weighted by Crippen LogP contribution is 2.31. The number of aromatic nitrogens is 3. The van der Waals surface area contributed by atoms with Gasteiger partial charge in [0, 0.05) is 30.3 Å². The van der Waals surface area contributed by atoms with Crippen molar-refractivity contribution in [1.29, 1.82) is 0 Å². The van der Waals surface area contributed by atoms with Gasteiger partial charge >= 0.3 is 0 Å². The molecule has 0 unspecified atom stereocenters. The molecule has 3 aromatic rings. The first kappa shape index (κ1) is 20.3. The van der Waals surface area contributed by atoms with Crippen molar-refractivity contribution in [2.75, 3.05) is 30.4 Å². The number of nitro groups is 1. The van der Waals surface area contributed by atoms with Gasteiger partial charge in [0.25, 0.3) is 11.6 Å². The highest BCUT2D eigenvalue weighted by Gasteiger charge is 2.23. The van der Waals surface area contributed by atoms with Crippen molar-refractivity contribution in [2.45, 2.75) is 19.3 Å². The van der Waals surface area contributed by atoms with Crippen molar-refractivity contribution in [2.24, 2.45) is 0 Å². The van der Waals surface area contributed by atoms with Crippen molar-refractivity contribution in [1.82, 2.24) is 15.2 Å². The molecule has 4 rings (SSSR count). The lowest BCUT2D eigenvalue weighted by molar-refractivity contribution is -0.384. The van der Waals surface area contributed by atoms with Crippen LogP contribution in [0.4, 0.5) is 17.3 Å². The summed E-state index contributed by atoms with van der Waals surface area (Å²) in [7, 11) is 1.58. The van der Waals surface area contributed by atoms with E-state index in [2.05, 4.69) is 20.5 Å². The van der Waals surface area contributed by atoms with Crippen molar-refractivity contribution in [3.05, 3.63) is 58.1 Å². The van der Waals surface area contributed by atoms with Gasteiger partial charge in [-0.25, -0.2) is 0 Å². The quantitative estimate of drug-likeness (QED) is 0.459. The summed E-state index contributed by atoms with van der Waals surface area (Å²) < 4.78 is 5.13. The van der Waals surface area contributed by atoms with Gasteiger partial charge in [0.15, 0.2) is 5.82 Å². The van der Waals surface area contributed by atoms with E-state index in [0.717, 1.165) is 37.9 Å². The highest BCUT2D eigenvalue weighted by atomic mass is 16.6. The fourth-order valence-corrected chi connectivity index (χ4v) is 3.58. The van der Waals surface area contributed by atoms with Crippen LogP contribution in [0.2, 0.25) is 0 Å². The number of aromatic amines is 1. The fraction of sp³-hybridized carbons (Fsp3) is 0.286. The molecule has 1 aliphatic heterocycles. The number of nitrogens with zero attached hydrogens (tertiary/aromatic N) is 4. The summed E-state index contributed by atoms with van der Waals surface area (Å²) in [6.07, 6.45) is 3.13. The zero-order valence-corrected chi connectivity index (χ0v) is 17.0. The number of H-pyrrole nitrogens is 1. The maximum absolute atomic E-state index is 12.6. The Kier molecular flexibility index (Phi) is 5.78. The summed E-state index contributed by atoms with van der Waals surface area (Å²) in [5.41, 5.74) is 1.41. The monoisotopic (exact) mass is 422 g/mol. The Labute approximate surface area is 178 Å². The molecule has 2 aromatic carbocycles. The molecule has 0 spiro atoms. The summed E-state index contributed by atoms with van der Waals surface area (Å²) in [6.45, 7) is 1.55. The number of carbonyl (C=O) groups excluding carboxylic acids is 1. The van der Waals surface area contributed by atoms with E-state index in [-0.39, 0.29) is 17.2 Å². The van der Waals surface area contributed by atoms with Crippen LogP contribution in [0.1, 0.15) is 29.6 Å². The second-order valence-corrected chi connectivity index (χ2v) is 7.20. The number of anilines is 2. The molecule has 1 fully saturated rings. The number of amides is 1. The van der Waals surface area contributed by atoms with Gasteiger partial charge in [-0.2, -0.15) is 4.98 Å². The number of methoxy groups -OCH3 is 1. The lowest BCUT2D eigenvalue weighted by Gasteiger charge is -2.28. The minimum absolute atomic E-state index is 0.0801. The third kappa shape index (κ3) is 4.47. The number of benzene rings is 2. The Morgan fingerprint density at radius 1 is 1.16 bits per heavy atom. The largest absolute Gasteiger partial charge is 0.497 e. The van der Waals surface area contributed by atoms with Crippen molar-refractivity contribution in [3.8, 4) is 17.1 Å². The van der Waals surface area contributed by atoms with Crippen LogP contribution in [0.3, 0.4) is 0 Å². The first-order valence-electron chi connectivity index (χ1n) is 9.97. The Balaban J connectivity index is 1.51. The molecule has 0 saturated carbocycles. The van der Waals surface area contributed by atoms with Crippen LogP contribution < -0.4 is 15.0 Å². The van der Waals surface area contributed by atoms with Gasteiger partial charge in [-0.15, -0.1) is 5.10 Å². The van der Waals surface area contributed by atoms with E-state index < -0.39 is 10.8 Å². The van der Waals surface area contributed by atoms with Gasteiger partial charge in [0.05, 0.1) is 12.0 Å². The Morgan fingerprint density at radius 2 is 1.90 bits per heavy atom. The van der Waals surface area contributed by atoms with E-state index in [1.807, 2.05) is 17.0 Å². The third-order valence-electron chi connectivity index (χ3n) is 5.21. The zero-order chi connectivity index (χ0) is 21.8. The summed E-state index contributed by atoms with van der Waals surface area (Å²) in [4.78, 5) is 30.1. The molecule has 0 atom stereocenters. The third-order valence-corrected chi connectivity index (χ3v) is 5.21. The second-order valence-electron chi connectivity index (χ2n) is 7.20. The smallest absolute Gasteiger partial charge is 0.293 e. The van der Waals surface area contributed by atoms with Gasteiger partial charge in [-0.3, -0.25) is 25.3 Å². The zero-order valence-electron chi connectivity index (χ0n) is 17.0. The average Bonchev–Trinajstić information content (AvgIpc) is 3.27. The van der Waals surface area contributed by atoms with Gasteiger partial charge in [-0.05, 0) is 55.7 Å². The molecule has 2 heterocycles. The number of ether oxygens (including phenoxy) is 1. The Bertz CT molecular complexity index is 1090.